The van der Waals surface area contributed by atoms with E-state index >= 15 is 0 Å². The Kier molecular flexibility index (Phi) is 6.44. The van der Waals surface area contributed by atoms with E-state index in [0.717, 1.165) is 29.9 Å². The third-order valence-corrected chi connectivity index (χ3v) is 3.32. The predicted molar refractivity (Wildman–Crippen MR) is 77.5 cm³/mol. The second-order valence-electron chi connectivity index (χ2n) is 4.62. The molecular formula is C14H23ClN2O. The number of aromatic nitrogens is 1. The summed E-state index contributed by atoms with van der Waals surface area (Å²) in [5.41, 5.74) is 2.24. The van der Waals surface area contributed by atoms with Crippen LogP contribution in [0.4, 0.5) is 5.82 Å². The van der Waals surface area contributed by atoms with E-state index in [9.17, 15) is 0 Å². The Morgan fingerprint density at radius 3 is 2.72 bits per heavy atom. The Morgan fingerprint density at radius 2 is 2.17 bits per heavy atom. The summed E-state index contributed by atoms with van der Waals surface area (Å²) in [6.45, 7) is 4.97. The van der Waals surface area contributed by atoms with Gasteiger partial charge < -0.3 is 9.64 Å². The molecule has 3 nitrogen and oxygen atoms in total. The fraction of sp³-hybridized carbons (Fsp3) is 0.643. The van der Waals surface area contributed by atoms with Crippen molar-refractivity contribution in [3.05, 3.63) is 23.4 Å². The fourth-order valence-corrected chi connectivity index (χ4v) is 2.01. The summed E-state index contributed by atoms with van der Waals surface area (Å²) < 4.78 is 5.19. The Labute approximate surface area is 115 Å². The highest BCUT2D eigenvalue weighted by atomic mass is 35.5. The lowest BCUT2D eigenvalue weighted by Gasteiger charge is -2.26. The van der Waals surface area contributed by atoms with Crippen molar-refractivity contribution in [2.75, 3.05) is 25.7 Å². The topological polar surface area (TPSA) is 25.4 Å². The normalized spacial score (nSPS) is 12.5. The van der Waals surface area contributed by atoms with Gasteiger partial charge in [-0.15, -0.1) is 11.6 Å². The van der Waals surface area contributed by atoms with Crippen molar-refractivity contribution in [1.29, 1.82) is 0 Å². The van der Waals surface area contributed by atoms with E-state index in [1.165, 1.54) is 0 Å². The molecule has 0 N–H and O–H groups in total. The number of anilines is 1. The largest absolute Gasteiger partial charge is 0.383 e. The van der Waals surface area contributed by atoms with Crippen molar-refractivity contribution in [3.63, 3.8) is 0 Å². The second-order valence-corrected chi connectivity index (χ2v) is 4.89. The SMILES string of the molecule is CCCc1cc(CCl)cc(N(C)C(C)COC)n1. The quantitative estimate of drug-likeness (QED) is 0.711. The number of hydrogen-bond acceptors (Lipinski definition) is 3. The lowest BCUT2D eigenvalue weighted by atomic mass is 10.1. The summed E-state index contributed by atoms with van der Waals surface area (Å²) in [6.07, 6.45) is 2.08. The van der Waals surface area contributed by atoms with Crippen molar-refractivity contribution in [3.8, 4) is 0 Å². The maximum atomic E-state index is 5.95. The third-order valence-electron chi connectivity index (χ3n) is 3.02. The van der Waals surface area contributed by atoms with E-state index in [0.29, 0.717) is 18.5 Å². The summed E-state index contributed by atoms with van der Waals surface area (Å²) in [6, 6.07) is 4.44. The van der Waals surface area contributed by atoms with Crippen molar-refractivity contribution in [1.82, 2.24) is 4.98 Å². The zero-order valence-corrected chi connectivity index (χ0v) is 12.5. The van der Waals surface area contributed by atoms with E-state index in [1.807, 2.05) is 7.05 Å². The molecule has 0 saturated heterocycles. The van der Waals surface area contributed by atoms with Crippen LogP contribution in [-0.4, -0.2) is 31.8 Å². The van der Waals surface area contributed by atoms with Crippen LogP contribution in [0.15, 0.2) is 12.1 Å². The molecule has 0 aliphatic rings. The van der Waals surface area contributed by atoms with Crippen LogP contribution in [0.3, 0.4) is 0 Å². The van der Waals surface area contributed by atoms with Gasteiger partial charge in [-0.2, -0.15) is 0 Å². The maximum absolute atomic E-state index is 5.95. The van der Waals surface area contributed by atoms with E-state index < -0.39 is 0 Å². The molecule has 0 aromatic carbocycles. The first-order chi connectivity index (χ1) is 8.62. The zero-order chi connectivity index (χ0) is 13.5. The van der Waals surface area contributed by atoms with Gasteiger partial charge in [0.15, 0.2) is 0 Å². The van der Waals surface area contributed by atoms with Crippen LogP contribution in [-0.2, 0) is 17.0 Å². The summed E-state index contributed by atoms with van der Waals surface area (Å²) in [5, 5.41) is 0. The van der Waals surface area contributed by atoms with Crippen molar-refractivity contribution < 1.29 is 4.74 Å². The number of halogens is 1. The second kappa shape index (κ2) is 7.59. The molecule has 102 valence electrons. The number of likely N-dealkylation sites (N-methyl/N-ethyl adjacent to an activating group) is 1. The Morgan fingerprint density at radius 1 is 1.44 bits per heavy atom. The molecule has 0 bridgehead atoms. The molecule has 0 spiro atoms. The molecule has 1 heterocycles. The van der Waals surface area contributed by atoms with Crippen molar-refractivity contribution in [2.24, 2.45) is 0 Å². The summed E-state index contributed by atoms with van der Waals surface area (Å²) in [7, 11) is 3.76. The van der Waals surface area contributed by atoms with Crippen molar-refractivity contribution >= 4 is 17.4 Å². The molecule has 1 atom stereocenters. The number of hydrogen-bond donors (Lipinski definition) is 0. The van der Waals surface area contributed by atoms with Crippen LogP contribution in [0.5, 0.6) is 0 Å². The molecule has 1 aromatic heterocycles. The first-order valence-electron chi connectivity index (χ1n) is 6.39. The van der Waals surface area contributed by atoms with E-state index in [2.05, 4.69) is 35.9 Å². The van der Waals surface area contributed by atoms with Gasteiger partial charge in [0.05, 0.1) is 12.6 Å². The number of ether oxygens (including phenoxy) is 1. The number of alkyl halides is 1. The van der Waals surface area contributed by atoms with Crippen LogP contribution < -0.4 is 4.90 Å². The Bertz CT molecular complexity index is 371. The highest BCUT2D eigenvalue weighted by molar-refractivity contribution is 6.17. The van der Waals surface area contributed by atoms with E-state index in [1.54, 1.807) is 7.11 Å². The van der Waals surface area contributed by atoms with Gasteiger partial charge in [-0.3, -0.25) is 0 Å². The fourth-order valence-electron chi connectivity index (χ4n) is 1.85. The average molecular weight is 271 g/mol. The molecule has 1 aromatic rings. The molecule has 0 saturated carbocycles. The van der Waals surface area contributed by atoms with Crippen LogP contribution in [0.2, 0.25) is 0 Å². The number of pyridine rings is 1. The molecule has 18 heavy (non-hydrogen) atoms. The average Bonchev–Trinajstić information content (AvgIpc) is 2.38. The number of methoxy groups -OCH3 is 1. The van der Waals surface area contributed by atoms with Crippen LogP contribution in [0.1, 0.15) is 31.5 Å². The number of rotatable bonds is 7. The lowest BCUT2D eigenvalue weighted by molar-refractivity contribution is 0.183. The van der Waals surface area contributed by atoms with Gasteiger partial charge in [-0.05, 0) is 31.0 Å². The van der Waals surface area contributed by atoms with Gasteiger partial charge >= 0.3 is 0 Å². The maximum Gasteiger partial charge on any atom is 0.129 e. The van der Waals surface area contributed by atoms with Crippen LogP contribution >= 0.6 is 11.6 Å². The molecular weight excluding hydrogens is 248 g/mol. The Balaban J connectivity index is 2.95. The molecule has 0 radical (unpaired) electrons. The smallest absolute Gasteiger partial charge is 0.129 e. The standard InChI is InChI=1S/C14H23ClN2O/c1-5-6-13-7-12(9-15)8-14(16-13)17(3)11(2)10-18-4/h7-8,11H,5-6,9-10H2,1-4H3. The van der Waals surface area contributed by atoms with Gasteiger partial charge in [0.25, 0.3) is 0 Å². The van der Waals surface area contributed by atoms with Gasteiger partial charge in [0, 0.05) is 25.7 Å². The summed E-state index contributed by atoms with van der Waals surface area (Å²) in [5.74, 6) is 1.50. The van der Waals surface area contributed by atoms with Gasteiger partial charge in [0.1, 0.15) is 5.82 Å². The third kappa shape index (κ3) is 4.14. The molecule has 0 amide bonds. The minimum atomic E-state index is 0.294. The molecule has 4 heteroatoms. The summed E-state index contributed by atoms with van der Waals surface area (Å²) in [4.78, 5) is 6.82. The highest BCUT2D eigenvalue weighted by Gasteiger charge is 2.12. The number of aryl methyl sites for hydroxylation is 1. The molecule has 1 rings (SSSR count). The summed E-state index contributed by atoms with van der Waals surface area (Å²) >= 11 is 5.95. The number of nitrogens with zero attached hydrogens (tertiary/aromatic N) is 2. The van der Waals surface area contributed by atoms with Gasteiger partial charge in [-0.1, -0.05) is 13.3 Å². The first-order valence-corrected chi connectivity index (χ1v) is 6.93. The molecule has 0 fully saturated rings. The molecule has 0 aliphatic carbocycles. The van der Waals surface area contributed by atoms with E-state index in [4.69, 9.17) is 16.3 Å². The molecule has 0 aliphatic heterocycles. The lowest BCUT2D eigenvalue weighted by Crippen LogP contribution is -2.33. The van der Waals surface area contributed by atoms with E-state index in [-0.39, 0.29) is 0 Å². The Hall–Kier alpha value is -0.800. The van der Waals surface area contributed by atoms with Crippen LogP contribution in [0, 0.1) is 0 Å². The zero-order valence-electron chi connectivity index (χ0n) is 11.7. The van der Waals surface area contributed by atoms with Gasteiger partial charge in [0.2, 0.25) is 0 Å². The van der Waals surface area contributed by atoms with Crippen LogP contribution in [0.25, 0.3) is 0 Å². The highest BCUT2D eigenvalue weighted by Crippen LogP contribution is 2.18. The van der Waals surface area contributed by atoms with Gasteiger partial charge in [-0.25, -0.2) is 4.98 Å². The molecule has 1 unspecified atom stereocenters. The minimum Gasteiger partial charge on any atom is -0.383 e. The van der Waals surface area contributed by atoms with Crippen molar-refractivity contribution in [2.45, 2.75) is 38.6 Å². The first kappa shape index (κ1) is 15.3. The minimum absolute atomic E-state index is 0.294. The predicted octanol–water partition coefficient (Wildman–Crippen LogP) is 3.24. The monoisotopic (exact) mass is 270 g/mol.